The Labute approximate surface area is 113 Å². The first-order chi connectivity index (χ1) is 9.49. The van der Waals surface area contributed by atoms with E-state index in [0.717, 1.165) is 12.5 Å². The van der Waals surface area contributed by atoms with E-state index in [1.807, 2.05) is 6.92 Å². The van der Waals surface area contributed by atoms with Gasteiger partial charge in [-0.15, -0.1) is 0 Å². The number of nitrogen functional groups attached to an aromatic ring is 1. The quantitative estimate of drug-likeness (QED) is 0.845. The molecule has 2 rings (SSSR count). The highest BCUT2D eigenvalue weighted by molar-refractivity contribution is 5.59. The van der Waals surface area contributed by atoms with E-state index in [9.17, 15) is 13.2 Å². The van der Waals surface area contributed by atoms with Gasteiger partial charge in [-0.1, -0.05) is 6.92 Å². The maximum absolute atomic E-state index is 13.5. The minimum Gasteiger partial charge on any atom is -0.384 e. The number of hydrogen-bond donors (Lipinski definition) is 2. The van der Waals surface area contributed by atoms with Gasteiger partial charge < -0.3 is 11.1 Å². The fraction of sp³-hybridized carbons (Fsp3) is 0.231. The van der Waals surface area contributed by atoms with Crippen molar-refractivity contribution in [1.82, 2.24) is 9.97 Å². The molecule has 1 aromatic carbocycles. The van der Waals surface area contributed by atoms with Gasteiger partial charge in [0.1, 0.15) is 23.3 Å². The van der Waals surface area contributed by atoms with E-state index in [1.54, 1.807) is 0 Å². The van der Waals surface area contributed by atoms with Gasteiger partial charge in [0, 0.05) is 24.6 Å². The molecule has 0 amide bonds. The molecule has 1 aromatic heterocycles. The molecule has 0 bridgehead atoms. The summed E-state index contributed by atoms with van der Waals surface area (Å²) < 4.78 is 39.5. The first-order valence-electron chi connectivity index (χ1n) is 6.04. The Morgan fingerprint density at radius 3 is 2.45 bits per heavy atom. The first-order valence-corrected chi connectivity index (χ1v) is 6.04. The zero-order valence-electron chi connectivity index (χ0n) is 10.8. The SMILES string of the molecule is CCCc1nc(N)cc(Nc2cc(F)c(F)cc2F)n1. The molecule has 106 valence electrons. The van der Waals surface area contributed by atoms with Gasteiger partial charge >= 0.3 is 0 Å². The zero-order valence-corrected chi connectivity index (χ0v) is 10.8. The van der Waals surface area contributed by atoms with Crippen LogP contribution in [-0.2, 0) is 6.42 Å². The Balaban J connectivity index is 2.32. The van der Waals surface area contributed by atoms with Gasteiger partial charge in [-0.2, -0.15) is 0 Å². The van der Waals surface area contributed by atoms with E-state index >= 15 is 0 Å². The Kier molecular flexibility index (Phi) is 4.07. The summed E-state index contributed by atoms with van der Waals surface area (Å²) in [5.41, 5.74) is 5.40. The van der Waals surface area contributed by atoms with Crippen LogP contribution in [0, 0.1) is 17.5 Å². The van der Waals surface area contributed by atoms with Crippen LogP contribution in [0.2, 0.25) is 0 Å². The number of aromatic nitrogens is 2. The van der Waals surface area contributed by atoms with E-state index < -0.39 is 17.5 Å². The van der Waals surface area contributed by atoms with Crippen molar-refractivity contribution in [2.75, 3.05) is 11.1 Å². The third-order valence-corrected chi connectivity index (χ3v) is 2.54. The highest BCUT2D eigenvalue weighted by atomic mass is 19.2. The standard InChI is InChI=1S/C13H13F3N4/c1-2-3-12-19-11(17)6-13(20-12)18-10-5-8(15)7(14)4-9(10)16/h4-6H,2-3H2,1H3,(H3,17,18,19,20). The van der Waals surface area contributed by atoms with Crippen LogP contribution in [-0.4, -0.2) is 9.97 Å². The van der Waals surface area contributed by atoms with Gasteiger partial charge in [0.05, 0.1) is 5.69 Å². The molecule has 3 N–H and O–H groups in total. The highest BCUT2D eigenvalue weighted by Crippen LogP contribution is 2.22. The largest absolute Gasteiger partial charge is 0.384 e. The molecule has 0 aliphatic carbocycles. The van der Waals surface area contributed by atoms with Crippen LogP contribution in [0.15, 0.2) is 18.2 Å². The molecular weight excluding hydrogens is 269 g/mol. The maximum atomic E-state index is 13.5. The summed E-state index contributed by atoms with van der Waals surface area (Å²) in [5, 5.41) is 2.57. The summed E-state index contributed by atoms with van der Waals surface area (Å²) in [6.45, 7) is 1.95. The zero-order chi connectivity index (χ0) is 14.7. The molecule has 0 unspecified atom stereocenters. The van der Waals surface area contributed by atoms with Crippen LogP contribution in [0.25, 0.3) is 0 Å². The predicted octanol–water partition coefficient (Wildman–Crippen LogP) is 3.17. The fourth-order valence-electron chi connectivity index (χ4n) is 1.67. The lowest BCUT2D eigenvalue weighted by atomic mass is 10.2. The van der Waals surface area contributed by atoms with Crippen molar-refractivity contribution in [2.24, 2.45) is 0 Å². The summed E-state index contributed by atoms with van der Waals surface area (Å²) in [6.07, 6.45) is 1.43. The number of nitrogens with zero attached hydrogens (tertiary/aromatic N) is 2. The minimum atomic E-state index is -1.25. The molecule has 0 radical (unpaired) electrons. The molecule has 0 saturated heterocycles. The Morgan fingerprint density at radius 1 is 1.05 bits per heavy atom. The monoisotopic (exact) mass is 282 g/mol. The molecule has 0 aliphatic rings. The highest BCUT2D eigenvalue weighted by Gasteiger charge is 2.11. The van der Waals surface area contributed by atoms with Crippen molar-refractivity contribution in [2.45, 2.75) is 19.8 Å². The number of aryl methyl sites for hydroxylation is 1. The molecule has 0 atom stereocenters. The third-order valence-electron chi connectivity index (χ3n) is 2.54. The maximum Gasteiger partial charge on any atom is 0.161 e. The van der Waals surface area contributed by atoms with Gasteiger partial charge in [0.25, 0.3) is 0 Å². The lowest BCUT2D eigenvalue weighted by Crippen LogP contribution is -2.05. The van der Waals surface area contributed by atoms with Gasteiger partial charge in [-0.05, 0) is 6.42 Å². The Morgan fingerprint density at radius 2 is 1.75 bits per heavy atom. The van der Waals surface area contributed by atoms with Crippen LogP contribution in [0.5, 0.6) is 0 Å². The molecule has 0 aliphatic heterocycles. The summed E-state index contributed by atoms with van der Waals surface area (Å²) in [6, 6.07) is 2.58. The third kappa shape index (κ3) is 3.17. The number of anilines is 3. The van der Waals surface area contributed by atoms with Crippen molar-refractivity contribution in [1.29, 1.82) is 0 Å². The molecule has 2 aromatic rings. The number of benzene rings is 1. The lowest BCUT2D eigenvalue weighted by molar-refractivity contribution is 0.496. The topological polar surface area (TPSA) is 63.8 Å². The van der Waals surface area contributed by atoms with Crippen molar-refractivity contribution in [3.05, 3.63) is 41.5 Å². The van der Waals surface area contributed by atoms with E-state index in [2.05, 4.69) is 15.3 Å². The second-order valence-corrected chi connectivity index (χ2v) is 4.22. The normalized spacial score (nSPS) is 10.6. The molecule has 4 nitrogen and oxygen atoms in total. The van der Waals surface area contributed by atoms with Crippen LogP contribution < -0.4 is 11.1 Å². The Bertz CT molecular complexity index is 631. The minimum absolute atomic E-state index is 0.217. The van der Waals surface area contributed by atoms with Crippen molar-refractivity contribution in [3.63, 3.8) is 0 Å². The molecule has 0 saturated carbocycles. The molecule has 0 fully saturated rings. The molecule has 1 heterocycles. The molecule has 20 heavy (non-hydrogen) atoms. The first kappa shape index (κ1) is 14.1. The van der Waals surface area contributed by atoms with Gasteiger partial charge in [0.2, 0.25) is 0 Å². The van der Waals surface area contributed by atoms with Crippen LogP contribution in [0.4, 0.5) is 30.5 Å². The average Bonchev–Trinajstić information content (AvgIpc) is 2.35. The summed E-state index contributed by atoms with van der Waals surface area (Å²) in [5.74, 6) is -2.37. The smallest absolute Gasteiger partial charge is 0.161 e. The van der Waals surface area contributed by atoms with Crippen molar-refractivity contribution < 1.29 is 13.2 Å². The predicted molar refractivity (Wildman–Crippen MR) is 70.0 cm³/mol. The number of nitrogens with two attached hydrogens (primary N) is 1. The molecule has 7 heteroatoms. The second kappa shape index (κ2) is 5.77. The van der Waals surface area contributed by atoms with E-state index in [0.29, 0.717) is 18.3 Å². The second-order valence-electron chi connectivity index (χ2n) is 4.22. The fourth-order valence-corrected chi connectivity index (χ4v) is 1.67. The van der Waals surface area contributed by atoms with Crippen LogP contribution in [0.3, 0.4) is 0 Å². The summed E-state index contributed by atoms with van der Waals surface area (Å²) >= 11 is 0. The number of halogens is 3. The summed E-state index contributed by atoms with van der Waals surface area (Å²) in [4.78, 5) is 8.14. The molecular formula is C13H13F3N4. The number of hydrogen-bond acceptors (Lipinski definition) is 4. The van der Waals surface area contributed by atoms with E-state index in [1.165, 1.54) is 6.07 Å². The number of rotatable bonds is 4. The molecule has 0 spiro atoms. The van der Waals surface area contributed by atoms with Gasteiger partial charge in [-0.3, -0.25) is 0 Å². The van der Waals surface area contributed by atoms with Gasteiger partial charge in [0.15, 0.2) is 11.6 Å². The van der Waals surface area contributed by atoms with Crippen molar-refractivity contribution >= 4 is 17.3 Å². The van der Waals surface area contributed by atoms with Gasteiger partial charge in [-0.25, -0.2) is 23.1 Å². The number of nitrogens with one attached hydrogen (secondary N) is 1. The van der Waals surface area contributed by atoms with E-state index in [-0.39, 0.29) is 17.3 Å². The van der Waals surface area contributed by atoms with Crippen molar-refractivity contribution in [3.8, 4) is 0 Å². The lowest BCUT2D eigenvalue weighted by Gasteiger charge is -2.09. The summed E-state index contributed by atoms with van der Waals surface area (Å²) in [7, 11) is 0. The average molecular weight is 282 g/mol. The van der Waals surface area contributed by atoms with Crippen LogP contribution >= 0.6 is 0 Å². The Hall–Kier alpha value is -2.31. The van der Waals surface area contributed by atoms with E-state index in [4.69, 9.17) is 5.73 Å². The van der Waals surface area contributed by atoms with Crippen LogP contribution in [0.1, 0.15) is 19.2 Å².